The van der Waals surface area contributed by atoms with Gasteiger partial charge in [-0.05, 0) is 52.8 Å². The largest absolute Gasteiger partial charge is 0.388 e. The molecule has 0 aromatic rings. The van der Waals surface area contributed by atoms with Crippen molar-refractivity contribution in [3.05, 3.63) is 0 Å². The molecule has 30 heavy (non-hydrogen) atoms. The molecule has 0 aliphatic carbocycles. The van der Waals surface area contributed by atoms with E-state index in [2.05, 4.69) is 17.1 Å². The van der Waals surface area contributed by atoms with Crippen molar-refractivity contribution in [1.82, 2.24) is 10.2 Å². The van der Waals surface area contributed by atoms with E-state index in [-0.39, 0.29) is 18.1 Å². The second-order valence-electron chi connectivity index (χ2n) is 8.89. The number of alkyl halides is 1. The van der Waals surface area contributed by atoms with E-state index in [1.807, 2.05) is 27.2 Å². The van der Waals surface area contributed by atoms with Gasteiger partial charge in [0.15, 0.2) is 0 Å². The van der Waals surface area contributed by atoms with Crippen LogP contribution in [0.25, 0.3) is 0 Å². The molecule has 176 valence electrons. The van der Waals surface area contributed by atoms with Gasteiger partial charge in [0.05, 0.1) is 23.6 Å². The van der Waals surface area contributed by atoms with Crippen LogP contribution in [0.2, 0.25) is 0 Å². The summed E-state index contributed by atoms with van der Waals surface area (Å²) < 4.78 is 11.9. The number of carbonyl (C=O) groups is 1. The molecule has 0 bridgehead atoms. The number of hydrogen-bond acceptors (Lipinski definition) is 7. The minimum absolute atomic E-state index is 0.111. The molecule has 1 amide bonds. The van der Waals surface area contributed by atoms with E-state index in [1.165, 1.54) is 11.8 Å². The number of aliphatic hydroxyl groups is 2. The van der Waals surface area contributed by atoms with Gasteiger partial charge in [0.25, 0.3) is 0 Å². The van der Waals surface area contributed by atoms with Crippen molar-refractivity contribution >= 4 is 29.3 Å². The first-order chi connectivity index (χ1) is 14.1. The number of ether oxygens (including phenoxy) is 2. The quantitative estimate of drug-likeness (QED) is 0.446. The molecule has 0 unspecified atom stereocenters. The smallest absolute Gasteiger partial charge is 0.237 e. The summed E-state index contributed by atoms with van der Waals surface area (Å²) in [5.74, 6) is 0.399. The Labute approximate surface area is 190 Å². The van der Waals surface area contributed by atoms with Crippen LogP contribution in [0.4, 0.5) is 0 Å². The molecule has 2 rings (SSSR count). The van der Waals surface area contributed by atoms with E-state index in [1.54, 1.807) is 6.92 Å². The Bertz CT molecular complexity index is 553. The van der Waals surface area contributed by atoms with Gasteiger partial charge in [0, 0.05) is 6.54 Å². The summed E-state index contributed by atoms with van der Waals surface area (Å²) in [7, 11) is 1.96. The Morgan fingerprint density at radius 3 is 2.53 bits per heavy atom. The number of hydrogen-bond donors (Lipinski definition) is 3. The fourth-order valence-corrected chi connectivity index (χ4v) is 5.50. The molecule has 2 saturated heterocycles. The zero-order chi connectivity index (χ0) is 22.6. The van der Waals surface area contributed by atoms with E-state index < -0.39 is 41.3 Å². The van der Waals surface area contributed by atoms with Crippen molar-refractivity contribution in [3.8, 4) is 0 Å². The standard InChI is InChI=1S/C21H39ClN2O5S/c1-7-8-13-9-14(24(5)10-13)20(27)23-15(12(4)22)18-16(25)17(26)19(28-11(2)3)21(29-18)30-6/h11-19,21,25-26H,7-10H2,1-6H3,(H,23,27)/t12-,13+,14-,15+,16+,17-,18+,19+,21+/m0/s1. The van der Waals surface area contributed by atoms with Gasteiger partial charge in [-0.2, -0.15) is 0 Å². The zero-order valence-electron chi connectivity index (χ0n) is 19.0. The molecular weight excluding hydrogens is 428 g/mol. The van der Waals surface area contributed by atoms with Crippen LogP contribution in [0.3, 0.4) is 0 Å². The molecule has 0 radical (unpaired) electrons. The molecule has 2 aliphatic heterocycles. The second-order valence-corrected chi connectivity index (χ2v) is 10.5. The average molecular weight is 467 g/mol. The average Bonchev–Trinajstić information content (AvgIpc) is 3.04. The van der Waals surface area contributed by atoms with Gasteiger partial charge in [0.1, 0.15) is 29.9 Å². The maximum atomic E-state index is 13.1. The molecule has 2 fully saturated rings. The Kier molecular flexibility index (Phi) is 10.2. The molecule has 7 nitrogen and oxygen atoms in total. The van der Waals surface area contributed by atoms with Gasteiger partial charge in [-0.3, -0.25) is 9.69 Å². The van der Waals surface area contributed by atoms with Crippen LogP contribution in [0.15, 0.2) is 0 Å². The highest BCUT2D eigenvalue weighted by atomic mass is 35.5. The lowest BCUT2D eigenvalue weighted by Gasteiger charge is -2.46. The Hall–Kier alpha value is -0.0900. The van der Waals surface area contributed by atoms with Crippen LogP contribution in [0.5, 0.6) is 0 Å². The first kappa shape index (κ1) is 26.2. The summed E-state index contributed by atoms with van der Waals surface area (Å²) in [6, 6.07) is -0.865. The summed E-state index contributed by atoms with van der Waals surface area (Å²) in [5, 5.41) is 24.1. The number of aliphatic hydroxyl groups excluding tert-OH is 2. The van der Waals surface area contributed by atoms with Crippen molar-refractivity contribution in [2.75, 3.05) is 19.8 Å². The summed E-state index contributed by atoms with van der Waals surface area (Å²) in [5.41, 5.74) is -0.478. The highest BCUT2D eigenvalue weighted by Crippen LogP contribution is 2.33. The molecule has 2 heterocycles. The molecule has 3 N–H and O–H groups in total. The van der Waals surface area contributed by atoms with E-state index in [9.17, 15) is 15.0 Å². The molecule has 0 spiro atoms. The lowest BCUT2D eigenvalue weighted by Crippen LogP contribution is -2.65. The van der Waals surface area contributed by atoms with Gasteiger partial charge < -0.3 is 25.0 Å². The zero-order valence-corrected chi connectivity index (χ0v) is 20.5. The maximum Gasteiger partial charge on any atom is 0.237 e. The topological polar surface area (TPSA) is 91.3 Å². The normalized spacial score (nSPS) is 37.3. The number of nitrogens with one attached hydrogen (secondary N) is 1. The third kappa shape index (κ3) is 6.24. The summed E-state index contributed by atoms with van der Waals surface area (Å²) in [6.45, 7) is 8.56. The Balaban J connectivity index is 2.12. The fourth-order valence-electron chi connectivity index (χ4n) is 4.56. The number of amides is 1. The second kappa shape index (κ2) is 11.7. The van der Waals surface area contributed by atoms with Crippen molar-refractivity contribution in [1.29, 1.82) is 0 Å². The SMILES string of the molecule is CCC[C@@H]1C[C@@H](C(=O)N[C@@H]([C@H]2O[C@H](SC)[C@H](OC(C)C)[C@@H](O)[C@H]2O)[C@H](C)Cl)N(C)C1. The number of likely N-dealkylation sites (N-methyl/N-ethyl adjacent to an activating group) is 1. The van der Waals surface area contributed by atoms with Gasteiger partial charge in [-0.25, -0.2) is 0 Å². The van der Waals surface area contributed by atoms with Crippen molar-refractivity contribution in [2.45, 2.75) is 100 Å². The third-order valence-corrected chi connectivity index (χ3v) is 7.15. The Morgan fingerprint density at radius 2 is 2.00 bits per heavy atom. The van der Waals surface area contributed by atoms with E-state index in [4.69, 9.17) is 21.1 Å². The van der Waals surface area contributed by atoms with E-state index >= 15 is 0 Å². The lowest BCUT2D eigenvalue weighted by molar-refractivity contribution is -0.225. The molecule has 9 heteroatoms. The number of halogens is 1. The van der Waals surface area contributed by atoms with Gasteiger partial charge in [-0.1, -0.05) is 13.3 Å². The van der Waals surface area contributed by atoms with Gasteiger partial charge in [0.2, 0.25) is 5.91 Å². The van der Waals surface area contributed by atoms with Crippen LogP contribution in [0, 0.1) is 5.92 Å². The predicted molar refractivity (Wildman–Crippen MR) is 121 cm³/mol. The number of likely N-dealkylation sites (tertiary alicyclic amines) is 1. The molecule has 0 aromatic heterocycles. The molecule has 0 saturated carbocycles. The number of thioether (sulfide) groups is 1. The van der Waals surface area contributed by atoms with Crippen LogP contribution < -0.4 is 5.32 Å². The highest BCUT2D eigenvalue weighted by Gasteiger charge is 2.49. The summed E-state index contributed by atoms with van der Waals surface area (Å²) in [6.07, 6.45) is 0.900. The van der Waals surface area contributed by atoms with E-state index in [0.29, 0.717) is 5.92 Å². The maximum absolute atomic E-state index is 13.1. The van der Waals surface area contributed by atoms with Crippen LogP contribution >= 0.6 is 23.4 Å². The van der Waals surface area contributed by atoms with Crippen molar-refractivity contribution < 1.29 is 24.5 Å². The summed E-state index contributed by atoms with van der Waals surface area (Å²) >= 11 is 7.83. The number of carbonyl (C=O) groups excluding carboxylic acids is 1. The number of rotatable bonds is 9. The molecule has 2 aliphatic rings. The number of nitrogens with zero attached hydrogens (tertiary/aromatic N) is 1. The van der Waals surface area contributed by atoms with Crippen LogP contribution in [-0.2, 0) is 14.3 Å². The fraction of sp³-hybridized carbons (Fsp3) is 0.952. The van der Waals surface area contributed by atoms with E-state index in [0.717, 1.165) is 25.8 Å². The van der Waals surface area contributed by atoms with Crippen molar-refractivity contribution in [3.63, 3.8) is 0 Å². The first-order valence-electron chi connectivity index (χ1n) is 10.9. The molecule has 9 atom stereocenters. The van der Waals surface area contributed by atoms with Gasteiger partial charge in [-0.15, -0.1) is 23.4 Å². The van der Waals surface area contributed by atoms with Gasteiger partial charge >= 0.3 is 0 Å². The minimum atomic E-state index is -1.22. The highest BCUT2D eigenvalue weighted by molar-refractivity contribution is 7.99. The van der Waals surface area contributed by atoms with Crippen LogP contribution in [0.1, 0.15) is 47.0 Å². The first-order valence-corrected chi connectivity index (χ1v) is 12.7. The Morgan fingerprint density at radius 1 is 1.33 bits per heavy atom. The lowest BCUT2D eigenvalue weighted by atomic mass is 9.92. The predicted octanol–water partition coefficient (Wildman–Crippen LogP) is 1.82. The minimum Gasteiger partial charge on any atom is -0.388 e. The molecule has 0 aromatic carbocycles. The summed E-state index contributed by atoms with van der Waals surface area (Å²) in [4.78, 5) is 15.2. The molecular formula is C21H39ClN2O5S. The van der Waals surface area contributed by atoms with Crippen molar-refractivity contribution in [2.24, 2.45) is 5.92 Å². The van der Waals surface area contributed by atoms with Crippen LogP contribution in [-0.4, -0.2) is 94.3 Å². The monoisotopic (exact) mass is 466 g/mol. The third-order valence-electron chi connectivity index (χ3n) is 6.04.